The minimum Gasteiger partial charge on any atom is -0.291 e. The Hall–Kier alpha value is -1.62. The number of hydrogen-bond acceptors (Lipinski definition) is 3. The normalized spacial score (nSPS) is 15.4. The molecule has 0 aromatic carbocycles. The van der Waals surface area contributed by atoms with Crippen LogP contribution in [0.5, 0.6) is 0 Å². The van der Waals surface area contributed by atoms with Crippen molar-refractivity contribution in [3.05, 3.63) is 23.9 Å². The molecule has 80 valence electrons. The predicted octanol–water partition coefficient (Wildman–Crippen LogP) is 1.13. The van der Waals surface area contributed by atoms with E-state index < -0.39 is 0 Å². The summed E-state index contributed by atoms with van der Waals surface area (Å²) < 4.78 is 0. The van der Waals surface area contributed by atoms with E-state index in [0.29, 0.717) is 5.82 Å². The van der Waals surface area contributed by atoms with Crippen LogP contribution in [-0.4, -0.2) is 29.1 Å². The average molecular weight is 206 g/mol. The molecule has 0 atom stereocenters. The van der Waals surface area contributed by atoms with Gasteiger partial charge in [0.25, 0.3) is 0 Å². The maximum Gasteiger partial charge on any atom is 0.337 e. The van der Waals surface area contributed by atoms with E-state index in [1.54, 1.807) is 17.3 Å². The molecule has 1 saturated heterocycles. The quantitative estimate of drug-likeness (QED) is 0.724. The van der Waals surface area contributed by atoms with Crippen LogP contribution in [0, 0.1) is 6.92 Å². The van der Waals surface area contributed by atoms with Gasteiger partial charge in [-0.1, -0.05) is 6.07 Å². The molecule has 1 fully saturated rings. The predicted molar refractivity (Wildman–Crippen MR) is 57.3 cm³/mol. The van der Waals surface area contributed by atoms with E-state index in [9.17, 15) is 4.79 Å². The lowest BCUT2D eigenvalue weighted by Crippen LogP contribution is -2.40. The van der Waals surface area contributed by atoms with Crippen LogP contribution in [0.3, 0.4) is 0 Å². The molecule has 0 saturated carbocycles. The molecule has 15 heavy (non-hydrogen) atoms. The molecule has 0 radical (unpaired) electrons. The van der Waals surface area contributed by atoms with E-state index in [2.05, 4.69) is 15.7 Å². The molecule has 1 aliphatic rings. The summed E-state index contributed by atoms with van der Waals surface area (Å²) in [5.74, 6) is 0.583. The zero-order chi connectivity index (χ0) is 10.7. The van der Waals surface area contributed by atoms with Crippen molar-refractivity contribution in [1.29, 1.82) is 0 Å². The van der Waals surface area contributed by atoms with Crippen molar-refractivity contribution < 1.29 is 4.79 Å². The fourth-order valence-electron chi connectivity index (χ4n) is 1.42. The summed E-state index contributed by atoms with van der Waals surface area (Å²) >= 11 is 0. The minimum atomic E-state index is -0.149. The Balaban J connectivity index is 1.96. The number of amides is 2. The lowest BCUT2D eigenvalue weighted by Gasteiger charge is -2.15. The van der Waals surface area contributed by atoms with E-state index in [4.69, 9.17) is 0 Å². The number of nitrogens with one attached hydrogen (secondary N) is 2. The van der Waals surface area contributed by atoms with Gasteiger partial charge in [-0.05, 0) is 25.0 Å². The smallest absolute Gasteiger partial charge is 0.291 e. The Kier molecular flexibility index (Phi) is 2.82. The second kappa shape index (κ2) is 4.27. The third-order valence-electron chi connectivity index (χ3n) is 2.25. The molecule has 2 amide bonds. The van der Waals surface area contributed by atoms with Crippen LogP contribution in [0.25, 0.3) is 0 Å². The molecular weight excluding hydrogens is 192 g/mol. The van der Waals surface area contributed by atoms with Crippen LogP contribution in [0.2, 0.25) is 0 Å². The number of rotatable bonds is 1. The molecule has 2 N–H and O–H groups in total. The molecule has 5 nitrogen and oxygen atoms in total. The van der Waals surface area contributed by atoms with Crippen molar-refractivity contribution in [2.45, 2.75) is 13.3 Å². The van der Waals surface area contributed by atoms with Crippen LogP contribution in [-0.2, 0) is 0 Å². The summed E-state index contributed by atoms with van der Waals surface area (Å²) in [5.41, 5.74) is 4.06. The zero-order valence-electron chi connectivity index (χ0n) is 8.66. The number of anilines is 1. The van der Waals surface area contributed by atoms with Gasteiger partial charge in [-0.15, -0.1) is 0 Å². The molecule has 0 aliphatic carbocycles. The summed E-state index contributed by atoms with van der Waals surface area (Å²) in [7, 11) is 0. The number of aromatic nitrogens is 1. The van der Waals surface area contributed by atoms with Crippen molar-refractivity contribution in [3.63, 3.8) is 0 Å². The van der Waals surface area contributed by atoms with Gasteiger partial charge in [0.15, 0.2) is 0 Å². The first-order chi connectivity index (χ1) is 7.25. The SMILES string of the molecule is Cc1ccc(NC(=O)N2CCCN2)nc1. The third-order valence-corrected chi connectivity index (χ3v) is 2.25. The Bertz CT molecular complexity index is 343. The number of carbonyl (C=O) groups is 1. The Morgan fingerprint density at radius 2 is 2.47 bits per heavy atom. The van der Waals surface area contributed by atoms with E-state index in [0.717, 1.165) is 25.1 Å². The van der Waals surface area contributed by atoms with Crippen LogP contribution < -0.4 is 10.7 Å². The second-order valence-corrected chi connectivity index (χ2v) is 3.56. The van der Waals surface area contributed by atoms with Gasteiger partial charge < -0.3 is 0 Å². The molecule has 2 rings (SSSR count). The molecular formula is C10H14N4O. The fourth-order valence-corrected chi connectivity index (χ4v) is 1.42. The first kappa shape index (κ1) is 9.92. The summed E-state index contributed by atoms with van der Waals surface area (Å²) in [6.07, 6.45) is 2.72. The van der Waals surface area contributed by atoms with E-state index in [1.165, 1.54) is 0 Å². The number of hydrogen-bond donors (Lipinski definition) is 2. The number of carbonyl (C=O) groups excluding carboxylic acids is 1. The van der Waals surface area contributed by atoms with Gasteiger partial charge in [0.1, 0.15) is 5.82 Å². The third kappa shape index (κ3) is 2.44. The summed E-state index contributed by atoms with van der Waals surface area (Å²) in [4.78, 5) is 15.7. The molecule has 5 heteroatoms. The molecule has 0 unspecified atom stereocenters. The standard InChI is InChI=1S/C10H14N4O/c1-8-3-4-9(11-7-8)13-10(15)14-6-2-5-12-14/h3-4,7,12H,2,5-6H2,1H3,(H,11,13,15). The maximum absolute atomic E-state index is 11.6. The monoisotopic (exact) mass is 206 g/mol. The van der Waals surface area contributed by atoms with Gasteiger partial charge in [-0.25, -0.2) is 15.2 Å². The topological polar surface area (TPSA) is 57.3 Å². The van der Waals surface area contributed by atoms with E-state index >= 15 is 0 Å². The Morgan fingerprint density at radius 3 is 3.07 bits per heavy atom. The highest BCUT2D eigenvalue weighted by Gasteiger charge is 2.17. The summed E-state index contributed by atoms with van der Waals surface area (Å²) in [5, 5.41) is 4.30. The molecule has 1 aromatic rings. The van der Waals surface area contributed by atoms with Crippen LogP contribution in [0.4, 0.5) is 10.6 Å². The number of urea groups is 1. The lowest BCUT2D eigenvalue weighted by atomic mass is 10.3. The van der Waals surface area contributed by atoms with Crippen molar-refractivity contribution in [2.75, 3.05) is 18.4 Å². The van der Waals surface area contributed by atoms with E-state index in [-0.39, 0.29) is 6.03 Å². The highest BCUT2D eigenvalue weighted by atomic mass is 16.2. The van der Waals surface area contributed by atoms with Gasteiger partial charge in [0.05, 0.1) is 0 Å². The number of aryl methyl sites for hydroxylation is 1. The number of pyridine rings is 1. The zero-order valence-corrected chi connectivity index (χ0v) is 8.66. The minimum absolute atomic E-state index is 0.149. The van der Waals surface area contributed by atoms with Gasteiger partial charge >= 0.3 is 6.03 Å². The van der Waals surface area contributed by atoms with Crippen molar-refractivity contribution in [1.82, 2.24) is 15.4 Å². The molecule has 2 heterocycles. The fraction of sp³-hybridized carbons (Fsp3) is 0.400. The Labute approximate surface area is 88.5 Å². The first-order valence-corrected chi connectivity index (χ1v) is 5.00. The van der Waals surface area contributed by atoms with Gasteiger partial charge in [0, 0.05) is 19.3 Å². The van der Waals surface area contributed by atoms with Gasteiger partial charge in [-0.3, -0.25) is 10.3 Å². The molecule has 0 bridgehead atoms. The average Bonchev–Trinajstić information content (AvgIpc) is 2.74. The van der Waals surface area contributed by atoms with Crippen molar-refractivity contribution in [2.24, 2.45) is 0 Å². The number of hydrazine groups is 1. The second-order valence-electron chi connectivity index (χ2n) is 3.56. The summed E-state index contributed by atoms with van der Waals surface area (Å²) in [6, 6.07) is 3.56. The van der Waals surface area contributed by atoms with Gasteiger partial charge in [-0.2, -0.15) is 0 Å². The van der Waals surface area contributed by atoms with Crippen LogP contribution >= 0.6 is 0 Å². The highest BCUT2D eigenvalue weighted by molar-refractivity contribution is 5.88. The van der Waals surface area contributed by atoms with Crippen LogP contribution in [0.1, 0.15) is 12.0 Å². The largest absolute Gasteiger partial charge is 0.337 e. The van der Waals surface area contributed by atoms with Gasteiger partial charge in [0.2, 0.25) is 0 Å². The summed E-state index contributed by atoms with van der Waals surface area (Å²) in [6.45, 7) is 3.56. The highest BCUT2D eigenvalue weighted by Crippen LogP contribution is 2.06. The first-order valence-electron chi connectivity index (χ1n) is 5.00. The van der Waals surface area contributed by atoms with E-state index in [1.807, 2.05) is 13.0 Å². The number of nitrogens with zero attached hydrogens (tertiary/aromatic N) is 2. The molecule has 0 spiro atoms. The maximum atomic E-state index is 11.6. The lowest BCUT2D eigenvalue weighted by molar-refractivity contribution is 0.205. The molecule has 1 aliphatic heterocycles. The Morgan fingerprint density at radius 1 is 1.60 bits per heavy atom. The van der Waals surface area contributed by atoms with Crippen molar-refractivity contribution >= 4 is 11.8 Å². The van der Waals surface area contributed by atoms with Crippen LogP contribution in [0.15, 0.2) is 18.3 Å². The van der Waals surface area contributed by atoms with Crippen molar-refractivity contribution in [3.8, 4) is 0 Å². The molecule has 1 aromatic heterocycles.